The molecule has 0 radical (unpaired) electrons. The van der Waals surface area contributed by atoms with Gasteiger partial charge in [-0.05, 0) is 0 Å². The molecule has 2 heterocycles. The topological polar surface area (TPSA) is 92.5 Å². The van der Waals surface area contributed by atoms with E-state index in [0.29, 0.717) is 18.2 Å². The minimum Gasteiger partial charge on any atom is -0.382 e. The Morgan fingerprint density at radius 3 is 3.00 bits per heavy atom. The van der Waals surface area contributed by atoms with Crippen molar-refractivity contribution in [1.29, 1.82) is 0 Å². The molecule has 0 aliphatic heterocycles. The average molecular weight is 190 g/mol. The van der Waals surface area contributed by atoms with Crippen LogP contribution >= 0.6 is 0 Å². The maximum Gasteiger partial charge on any atom is 0.147 e. The molecular weight excluding hydrogens is 180 g/mol. The lowest BCUT2D eigenvalue weighted by Crippen LogP contribution is -2.02. The zero-order chi connectivity index (χ0) is 9.80. The largest absolute Gasteiger partial charge is 0.382 e. The quantitative estimate of drug-likeness (QED) is 0.651. The third kappa shape index (κ3) is 1.98. The molecule has 0 bridgehead atoms. The molecule has 0 aliphatic carbocycles. The number of aromatic nitrogens is 4. The molecule has 0 spiro atoms. The van der Waals surface area contributed by atoms with Crippen molar-refractivity contribution in [2.45, 2.75) is 6.54 Å². The zero-order valence-corrected chi connectivity index (χ0v) is 7.44. The molecule has 0 saturated carbocycles. The van der Waals surface area contributed by atoms with E-state index >= 15 is 0 Å². The fourth-order valence-electron chi connectivity index (χ4n) is 1.03. The molecule has 0 saturated heterocycles. The Hall–Kier alpha value is -2.11. The first-order valence-corrected chi connectivity index (χ1v) is 4.13. The van der Waals surface area contributed by atoms with E-state index in [2.05, 4.69) is 25.5 Å². The fourth-order valence-corrected chi connectivity index (χ4v) is 1.03. The van der Waals surface area contributed by atoms with Gasteiger partial charge in [-0.15, -0.1) is 0 Å². The Balaban J connectivity index is 1.98. The maximum atomic E-state index is 5.48. The summed E-state index contributed by atoms with van der Waals surface area (Å²) in [5, 5.41) is 9.63. The summed E-state index contributed by atoms with van der Waals surface area (Å²) < 4.78 is 0. The van der Waals surface area contributed by atoms with Crippen LogP contribution in [0.15, 0.2) is 24.8 Å². The van der Waals surface area contributed by atoms with Crippen LogP contribution in [0.4, 0.5) is 11.6 Å². The van der Waals surface area contributed by atoms with Crippen molar-refractivity contribution >= 4 is 11.6 Å². The van der Waals surface area contributed by atoms with Crippen LogP contribution in [0.1, 0.15) is 5.56 Å². The third-order valence-electron chi connectivity index (χ3n) is 1.68. The summed E-state index contributed by atoms with van der Waals surface area (Å²) in [4.78, 5) is 7.96. The lowest BCUT2D eigenvalue weighted by Gasteiger charge is -2.02. The SMILES string of the molecule is Nc1cncc(NCc2cn[nH]c2)n1. The summed E-state index contributed by atoms with van der Waals surface area (Å²) in [6, 6.07) is 0. The van der Waals surface area contributed by atoms with Crippen LogP contribution in [0.25, 0.3) is 0 Å². The van der Waals surface area contributed by atoms with E-state index in [4.69, 9.17) is 5.73 Å². The van der Waals surface area contributed by atoms with Crippen LogP contribution in [0.5, 0.6) is 0 Å². The van der Waals surface area contributed by atoms with Crippen molar-refractivity contribution in [2.24, 2.45) is 0 Å². The van der Waals surface area contributed by atoms with E-state index in [1.54, 1.807) is 12.4 Å². The second-order valence-electron chi connectivity index (χ2n) is 2.79. The standard InChI is InChI=1S/C8H10N6/c9-7-4-10-5-8(14-7)11-1-6-2-12-13-3-6/h2-5H,1H2,(H,12,13)(H3,9,11,14). The number of aromatic amines is 1. The van der Waals surface area contributed by atoms with E-state index in [9.17, 15) is 0 Å². The van der Waals surface area contributed by atoms with Crippen LogP contribution in [-0.2, 0) is 6.54 Å². The Bertz CT molecular complexity index is 396. The molecule has 0 atom stereocenters. The second kappa shape index (κ2) is 3.73. The van der Waals surface area contributed by atoms with Crippen molar-refractivity contribution in [3.05, 3.63) is 30.4 Å². The molecule has 0 amide bonds. The second-order valence-corrected chi connectivity index (χ2v) is 2.79. The zero-order valence-electron chi connectivity index (χ0n) is 7.44. The molecule has 6 nitrogen and oxygen atoms in total. The Morgan fingerprint density at radius 1 is 1.36 bits per heavy atom. The molecule has 2 aromatic rings. The minimum absolute atomic E-state index is 0.405. The number of nitrogens with two attached hydrogens (primary N) is 1. The van der Waals surface area contributed by atoms with Crippen LogP contribution in [0.2, 0.25) is 0 Å². The fraction of sp³-hybridized carbons (Fsp3) is 0.125. The number of nitrogens with zero attached hydrogens (tertiary/aromatic N) is 3. The van der Waals surface area contributed by atoms with Gasteiger partial charge in [-0.1, -0.05) is 0 Å². The molecule has 4 N–H and O–H groups in total. The van der Waals surface area contributed by atoms with Gasteiger partial charge in [0.2, 0.25) is 0 Å². The lowest BCUT2D eigenvalue weighted by molar-refractivity contribution is 1.09. The summed E-state index contributed by atoms with van der Waals surface area (Å²) in [5.74, 6) is 1.06. The van der Waals surface area contributed by atoms with Crippen molar-refractivity contribution in [3.8, 4) is 0 Å². The van der Waals surface area contributed by atoms with Gasteiger partial charge in [-0.3, -0.25) is 10.1 Å². The number of rotatable bonds is 3. The Morgan fingerprint density at radius 2 is 2.29 bits per heavy atom. The summed E-state index contributed by atoms with van der Waals surface area (Å²) in [6.45, 7) is 0.647. The predicted molar refractivity (Wildman–Crippen MR) is 52.4 cm³/mol. The highest BCUT2D eigenvalue weighted by Gasteiger charge is 1.96. The normalized spacial score (nSPS) is 10.0. The average Bonchev–Trinajstić information content (AvgIpc) is 2.67. The number of hydrogen-bond donors (Lipinski definition) is 3. The molecule has 0 aliphatic rings. The smallest absolute Gasteiger partial charge is 0.147 e. The summed E-state index contributed by atoms with van der Waals surface area (Å²) in [5.41, 5.74) is 6.53. The molecule has 2 aromatic heterocycles. The van der Waals surface area contributed by atoms with Gasteiger partial charge in [0.05, 0.1) is 18.6 Å². The van der Waals surface area contributed by atoms with Crippen LogP contribution < -0.4 is 11.1 Å². The van der Waals surface area contributed by atoms with Crippen molar-refractivity contribution < 1.29 is 0 Å². The Labute approximate surface area is 80.6 Å². The van der Waals surface area contributed by atoms with Gasteiger partial charge < -0.3 is 11.1 Å². The molecular formula is C8H10N6. The van der Waals surface area contributed by atoms with Gasteiger partial charge in [0.15, 0.2) is 0 Å². The van der Waals surface area contributed by atoms with Crippen LogP contribution in [0, 0.1) is 0 Å². The van der Waals surface area contributed by atoms with Crippen molar-refractivity contribution in [3.63, 3.8) is 0 Å². The highest BCUT2D eigenvalue weighted by Crippen LogP contribution is 2.04. The maximum absolute atomic E-state index is 5.48. The van der Waals surface area contributed by atoms with Gasteiger partial charge in [-0.2, -0.15) is 5.10 Å². The lowest BCUT2D eigenvalue weighted by atomic mass is 10.3. The first kappa shape index (κ1) is 8.49. The van der Waals surface area contributed by atoms with Crippen molar-refractivity contribution in [2.75, 3.05) is 11.1 Å². The van der Waals surface area contributed by atoms with Gasteiger partial charge in [-0.25, -0.2) is 4.98 Å². The number of H-pyrrole nitrogens is 1. The first-order valence-electron chi connectivity index (χ1n) is 4.13. The Kier molecular flexibility index (Phi) is 2.26. The molecule has 2 rings (SSSR count). The molecule has 6 heteroatoms. The van der Waals surface area contributed by atoms with Gasteiger partial charge in [0.25, 0.3) is 0 Å². The summed E-state index contributed by atoms with van der Waals surface area (Å²) in [6.07, 6.45) is 6.68. The highest BCUT2D eigenvalue weighted by atomic mass is 15.1. The number of nitrogens with one attached hydrogen (secondary N) is 2. The number of hydrogen-bond acceptors (Lipinski definition) is 5. The number of anilines is 2. The van der Waals surface area contributed by atoms with Crippen LogP contribution in [-0.4, -0.2) is 20.2 Å². The van der Waals surface area contributed by atoms with Crippen molar-refractivity contribution in [1.82, 2.24) is 20.2 Å². The predicted octanol–water partition coefficient (Wildman–Crippen LogP) is 0.394. The molecule has 0 fully saturated rings. The van der Waals surface area contributed by atoms with Gasteiger partial charge in [0.1, 0.15) is 11.6 Å². The molecule has 0 unspecified atom stereocenters. The van der Waals surface area contributed by atoms with Crippen LogP contribution in [0.3, 0.4) is 0 Å². The van der Waals surface area contributed by atoms with E-state index in [1.807, 2.05) is 6.20 Å². The number of nitrogen functional groups attached to an aromatic ring is 1. The monoisotopic (exact) mass is 190 g/mol. The van der Waals surface area contributed by atoms with Gasteiger partial charge in [0, 0.05) is 18.3 Å². The van der Waals surface area contributed by atoms with Gasteiger partial charge >= 0.3 is 0 Å². The summed E-state index contributed by atoms with van der Waals surface area (Å²) >= 11 is 0. The third-order valence-corrected chi connectivity index (χ3v) is 1.68. The van der Waals surface area contributed by atoms with E-state index < -0.39 is 0 Å². The molecule has 72 valence electrons. The molecule has 0 aromatic carbocycles. The first-order chi connectivity index (χ1) is 6.84. The highest BCUT2D eigenvalue weighted by molar-refractivity contribution is 5.38. The minimum atomic E-state index is 0.405. The molecule has 14 heavy (non-hydrogen) atoms. The van der Waals surface area contributed by atoms with E-state index in [1.165, 1.54) is 6.20 Å². The summed E-state index contributed by atoms with van der Waals surface area (Å²) in [7, 11) is 0. The van der Waals surface area contributed by atoms with E-state index in [0.717, 1.165) is 5.56 Å². The van der Waals surface area contributed by atoms with E-state index in [-0.39, 0.29) is 0 Å².